The van der Waals surface area contributed by atoms with Gasteiger partial charge in [-0.2, -0.15) is 10.4 Å². The zero-order chi connectivity index (χ0) is 12.3. The molecule has 1 heterocycles. The van der Waals surface area contributed by atoms with Crippen LogP contribution in [0, 0.1) is 23.7 Å². The number of nitrogens with one attached hydrogen (secondary N) is 1. The summed E-state index contributed by atoms with van der Waals surface area (Å²) in [5, 5.41) is 15.5. The van der Waals surface area contributed by atoms with Crippen molar-refractivity contribution < 1.29 is 4.79 Å². The van der Waals surface area contributed by atoms with Crippen LogP contribution in [0.5, 0.6) is 0 Å². The van der Waals surface area contributed by atoms with E-state index in [-0.39, 0.29) is 5.91 Å². The van der Waals surface area contributed by atoms with Gasteiger partial charge in [0.05, 0.1) is 12.6 Å². The number of amides is 1. The van der Waals surface area contributed by atoms with Crippen molar-refractivity contribution in [1.82, 2.24) is 20.1 Å². The molecule has 1 aromatic rings. The summed E-state index contributed by atoms with van der Waals surface area (Å²) in [6, 6.07) is 1.97. The van der Waals surface area contributed by atoms with Gasteiger partial charge in [-0.25, -0.2) is 4.98 Å². The molecule has 0 saturated heterocycles. The molecule has 0 aliphatic heterocycles. The van der Waals surface area contributed by atoms with E-state index in [0.717, 1.165) is 0 Å². The number of H-pyrrole nitrogens is 1. The lowest BCUT2D eigenvalue weighted by atomic mass is 9.94. The maximum atomic E-state index is 11.8. The van der Waals surface area contributed by atoms with E-state index in [1.54, 1.807) is 27.8 Å². The third-order valence-corrected chi connectivity index (χ3v) is 2.18. The number of aromatic amines is 1. The Morgan fingerprint density at radius 2 is 2.25 bits per heavy atom. The van der Waals surface area contributed by atoms with Gasteiger partial charge in [0.1, 0.15) is 11.2 Å². The third-order valence-electron chi connectivity index (χ3n) is 2.18. The van der Waals surface area contributed by atoms with Crippen molar-refractivity contribution in [1.29, 1.82) is 5.26 Å². The number of nitriles is 1. The molecule has 0 aromatic carbocycles. The Bertz CT molecular complexity index is 429. The van der Waals surface area contributed by atoms with Gasteiger partial charge < -0.3 is 4.90 Å². The monoisotopic (exact) mass is 221 g/mol. The molecule has 0 saturated carbocycles. The minimum Gasteiger partial charge on any atom is -0.337 e. The highest BCUT2D eigenvalue weighted by atomic mass is 16.2. The number of carbonyl (C=O) groups is 1. The Hall–Kier alpha value is -1.90. The second kappa shape index (κ2) is 4.31. The van der Waals surface area contributed by atoms with Crippen molar-refractivity contribution in [3.05, 3.63) is 11.6 Å². The molecule has 1 aromatic heterocycles. The highest BCUT2D eigenvalue weighted by molar-refractivity contribution is 5.84. The highest BCUT2D eigenvalue weighted by Gasteiger charge is 2.30. The Morgan fingerprint density at radius 3 is 2.69 bits per heavy atom. The molecule has 1 amide bonds. The lowest BCUT2D eigenvalue weighted by Crippen LogP contribution is -2.37. The average Bonchev–Trinajstić information content (AvgIpc) is 2.62. The van der Waals surface area contributed by atoms with E-state index in [2.05, 4.69) is 15.2 Å². The van der Waals surface area contributed by atoms with Gasteiger partial charge >= 0.3 is 0 Å². The van der Waals surface area contributed by atoms with Gasteiger partial charge in [0.25, 0.3) is 0 Å². The van der Waals surface area contributed by atoms with Crippen LogP contribution in [0.15, 0.2) is 0 Å². The van der Waals surface area contributed by atoms with Gasteiger partial charge in [0.2, 0.25) is 5.91 Å². The Morgan fingerprint density at radius 1 is 1.62 bits per heavy atom. The van der Waals surface area contributed by atoms with Crippen LogP contribution >= 0.6 is 0 Å². The SMILES string of the molecule is Cc1nc(CN(C)C(=O)C(C)(C)C#N)n[nH]1. The second-order valence-electron chi connectivity index (χ2n) is 4.24. The minimum atomic E-state index is -1.01. The van der Waals surface area contributed by atoms with E-state index in [9.17, 15) is 4.79 Å². The lowest BCUT2D eigenvalue weighted by Gasteiger charge is -2.22. The Balaban J connectivity index is 2.70. The van der Waals surface area contributed by atoms with Crippen LogP contribution in [0.25, 0.3) is 0 Å². The van der Waals surface area contributed by atoms with Gasteiger partial charge in [0, 0.05) is 7.05 Å². The molecule has 1 N–H and O–H groups in total. The fourth-order valence-corrected chi connectivity index (χ4v) is 1.27. The van der Waals surface area contributed by atoms with E-state index in [4.69, 9.17) is 5.26 Å². The number of aryl methyl sites for hydroxylation is 1. The molecule has 6 nitrogen and oxygen atoms in total. The first-order chi connectivity index (χ1) is 7.36. The molecule has 0 spiro atoms. The molecule has 0 unspecified atom stereocenters. The van der Waals surface area contributed by atoms with Crippen molar-refractivity contribution in [3.63, 3.8) is 0 Å². The van der Waals surface area contributed by atoms with Crippen molar-refractivity contribution in [2.75, 3.05) is 7.05 Å². The first-order valence-corrected chi connectivity index (χ1v) is 4.91. The quantitative estimate of drug-likeness (QED) is 0.810. The normalized spacial score (nSPS) is 10.9. The van der Waals surface area contributed by atoms with Gasteiger partial charge in [-0.15, -0.1) is 0 Å². The summed E-state index contributed by atoms with van der Waals surface area (Å²) in [6.07, 6.45) is 0. The molecule has 0 radical (unpaired) electrons. The molecule has 0 aliphatic rings. The maximum absolute atomic E-state index is 11.8. The van der Waals surface area contributed by atoms with Crippen molar-refractivity contribution >= 4 is 5.91 Å². The zero-order valence-corrected chi connectivity index (χ0v) is 9.90. The molecule has 0 fully saturated rings. The minimum absolute atomic E-state index is 0.238. The predicted octanol–water partition coefficient (Wildman–Crippen LogP) is 0.621. The fourth-order valence-electron chi connectivity index (χ4n) is 1.27. The first-order valence-electron chi connectivity index (χ1n) is 4.91. The summed E-state index contributed by atoms with van der Waals surface area (Å²) < 4.78 is 0. The van der Waals surface area contributed by atoms with Crippen molar-refractivity contribution in [2.45, 2.75) is 27.3 Å². The summed E-state index contributed by atoms with van der Waals surface area (Å²) in [6.45, 7) is 5.27. The number of nitrogens with zero attached hydrogens (tertiary/aromatic N) is 4. The molecule has 16 heavy (non-hydrogen) atoms. The average molecular weight is 221 g/mol. The van der Waals surface area contributed by atoms with Crippen LogP contribution in [-0.4, -0.2) is 33.0 Å². The molecule has 86 valence electrons. The molecular weight excluding hydrogens is 206 g/mol. The van der Waals surface area contributed by atoms with Crippen LogP contribution < -0.4 is 0 Å². The number of carbonyl (C=O) groups excluding carboxylic acids is 1. The number of hydrogen-bond acceptors (Lipinski definition) is 4. The van der Waals surface area contributed by atoms with E-state index in [0.29, 0.717) is 18.2 Å². The third kappa shape index (κ3) is 2.57. The van der Waals surface area contributed by atoms with Gasteiger partial charge in [0.15, 0.2) is 5.82 Å². The Kier molecular flexibility index (Phi) is 3.28. The smallest absolute Gasteiger partial charge is 0.242 e. The molecule has 0 bridgehead atoms. The van der Waals surface area contributed by atoms with Gasteiger partial charge in [-0.1, -0.05) is 0 Å². The van der Waals surface area contributed by atoms with E-state index in [1.807, 2.05) is 6.07 Å². The summed E-state index contributed by atoms with van der Waals surface area (Å²) in [7, 11) is 1.63. The Labute approximate surface area is 94.3 Å². The number of aromatic nitrogens is 3. The van der Waals surface area contributed by atoms with Crippen LogP contribution in [0.3, 0.4) is 0 Å². The summed E-state index contributed by atoms with van der Waals surface area (Å²) >= 11 is 0. The molecule has 1 rings (SSSR count). The predicted molar refractivity (Wildman–Crippen MR) is 57.0 cm³/mol. The van der Waals surface area contributed by atoms with Crippen LogP contribution in [-0.2, 0) is 11.3 Å². The molecule has 6 heteroatoms. The van der Waals surface area contributed by atoms with Crippen LogP contribution in [0.2, 0.25) is 0 Å². The molecule has 0 atom stereocenters. The van der Waals surface area contributed by atoms with Crippen LogP contribution in [0.1, 0.15) is 25.5 Å². The van der Waals surface area contributed by atoms with E-state index in [1.165, 1.54) is 4.90 Å². The lowest BCUT2D eigenvalue weighted by molar-refractivity contribution is -0.136. The summed E-state index contributed by atoms with van der Waals surface area (Å²) in [5.74, 6) is 1.01. The molecule has 0 aliphatic carbocycles. The highest BCUT2D eigenvalue weighted by Crippen LogP contribution is 2.17. The largest absolute Gasteiger partial charge is 0.337 e. The number of hydrogen-bond donors (Lipinski definition) is 1. The van der Waals surface area contributed by atoms with Gasteiger partial charge in [-0.3, -0.25) is 9.89 Å². The van der Waals surface area contributed by atoms with Crippen molar-refractivity contribution in [2.24, 2.45) is 5.41 Å². The van der Waals surface area contributed by atoms with Crippen LogP contribution in [0.4, 0.5) is 0 Å². The maximum Gasteiger partial charge on any atom is 0.242 e. The summed E-state index contributed by atoms with van der Waals surface area (Å²) in [5.41, 5.74) is -1.01. The molecular formula is C10H15N5O. The fraction of sp³-hybridized carbons (Fsp3) is 0.600. The van der Waals surface area contributed by atoms with Gasteiger partial charge in [-0.05, 0) is 20.8 Å². The summed E-state index contributed by atoms with van der Waals surface area (Å²) in [4.78, 5) is 17.4. The second-order valence-corrected chi connectivity index (χ2v) is 4.24. The van der Waals surface area contributed by atoms with Crippen molar-refractivity contribution in [3.8, 4) is 6.07 Å². The number of rotatable bonds is 3. The zero-order valence-electron chi connectivity index (χ0n) is 9.90. The topological polar surface area (TPSA) is 85.7 Å². The van der Waals surface area contributed by atoms with E-state index < -0.39 is 5.41 Å². The first kappa shape index (κ1) is 12.2. The standard InChI is InChI=1S/C10H15N5O/c1-7-12-8(14-13-7)5-15(4)9(16)10(2,3)6-11/h5H2,1-4H3,(H,12,13,14). The van der Waals surface area contributed by atoms with E-state index >= 15 is 0 Å².